The van der Waals surface area contributed by atoms with Gasteiger partial charge < -0.3 is 16.0 Å². The van der Waals surface area contributed by atoms with Crippen LogP contribution in [0.3, 0.4) is 0 Å². The Balaban J connectivity index is 1.35. The number of rotatable bonds is 7. The SMILES string of the molecule is Cc1ccccc1-c1ccccc1CNc1nc(NC2CC2)n2ncc(/C=C3\NC(=O)NC3=O)c2n1. The Kier molecular flexibility index (Phi) is 5.33. The Bertz CT molecular complexity index is 1540. The molecule has 10 heteroatoms. The monoisotopic (exact) mass is 480 g/mol. The maximum absolute atomic E-state index is 12.0. The fraction of sp³-hybridized carbons (Fsp3) is 0.192. The van der Waals surface area contributed by atoms with E-state index in [1.807, 2.05) is 24.3 Å². The van der Waals surface area contributed by atoms with E-state index >= 15 is 0 Å². The lowest BCUT2D eigenvalue weighted by molar-refractivity contribution is -0.115. The molecule has 1 saturated heterocycles. The molecule has 36 heavy (non-hydrogen) atoms. The number of benzene rings is 2. The second-order valence-corrected chi connectivity index (χ2v) is 8.92. The molecule has 1 aliphatic heterocycles. The third-order valence-electron chi connectivity index (χ3n) is 6.22. The number of fused-ring (bicyclic) bond motifs is 1. The van der Waals surface area contributed by atoms with Gasteiger partial charge in [0.2, 0.25) is 11.9 Å². The number of amides is 3. The molecular weight excluding hydrogens is 456 g/mol. The molecule has 2 aliphatic rings. The fourth-order valence-electron chi connectivity index (χ4n) is 4.20. The molecule has 10 nitrogen and oxygen atoms in total. The Hall–Kier alpha value is -4.73. The van der Waals surface area contributed by atoms with Crippen LogP contribution in [0.25, 0.3) is 22.9 Å². The number of carbonyl (C=O) groups is 2. The van der Waals surface area contributed by atoms with Gasteiger partial charge in [0, 0.05) is 18.2 Å². The summed E-state index contributed by atoms with van der Waals surface area (Å²) < 4.78 is 1.62. The third-order valence-corrected chi connectivity index (χ3v) is 6.22. The van der Waals surface area contributed by atoms with E-state index < -0.39 is 11.9 Å². The van der Waals surface area contributed by atoms with E-state index in [9.17, 15) is 9.59 Å². The first-order valence-electron chi connectivity index (χ1n) is 11.8. The fourth-order valence-corrected chi connectivity index (χ4v) is 4.20. The van der Waals surface area contributed by atoms with Gasteiger partial charge in [-0.1, -0.05) is 48.5 Å². The Labute approximate surface area is 206 Å². The molecule has 1 aliphatic carbocycles. The summed E-state index contributed by atoms with van der Waals surface area (Å²) in [4.78, 5) is 32.9. The second kappa shape index (κ2) is 8.81. The smallest absolute Gasteiger partial charge is 0.326 e. The average Bonchev–Trinajstić information content (AvgIpc) is 3.51. The van der Waals surface area contributed by atoms with Crippen LogP contribution in [0, 0.1) is 6.92 Å². The van der Waals surface area contributed by atoms with Crippen LogP contribution < -0.4 is 21.3 Å². The minimum Gasteiger partial charge on any atom is -0.351 e. The quantitative estimate of drug-likeness (QED) is 0.236. The molecule has 2 fully saturated rings. The molecule has 0 unspecified atom stereocenters. The summed E-state index contributed by atoms with van der Waals surface area (Å²) >= 11 is 0. The van der Waals surface area contributed by atoms with Crippen molar-refractivity contribution in [1.29, 1.82) is 0 Å². The molecule has 0 bridgehead atoms. The van der Waals surface area contributed by atoms with Crippen LogP contribution in [-0.2, 0) is 11.3 Å². The van der Waals surface area contributed by atoms with Crippen LogP contribution >= 0.6 is 0 Å². The van der Waals surface area contributed by atoms with Crippen molar-refractivity contribution in [2.75, 3.05) is 10.6 Å². The van der Waals surface area contributed by atoms with Crippen LogP contribution in [-0.4, -0.2) is 37.6 Å². The van der Waals surface area contributed by atoms with Crippen molar-refractivity contribution in [3.8, 4) is 11.1 Å². The molecule has 180 valence electrons. The minimum absolute atomic E-state index is 0.145. The maximum atomic E-state index is 12.0. The first-order chi connectivity index (χ1) is 17.5. The summed E-state index contributed by atoms with van der Waals surface area (Å²) in [6, 6.07) is 16.4. The van der Waals surface area contributed by atoms with Gasteiger partial charge in [0.25, 0.3) is 5.91 Å². The molecule has 2 aromatic carbocycles. The largest absolute Gasteiger partial charge is 0.351 e. The first kappa shape index (κ1) is 21.8. The van der Waals surface area contributed by atoms with Crippen LogP contribution in [0.1, 0.15) is 29.5 Å². The lowest BCUT2D eigenvalue weighted by Gasteiger charge is -2.14. The highest BCUT2D eigenvalue weighted by molar-refractivity contribution is 6.14. The van der Waals surface area contributed by atoms with E-state index in [0.29, 0.717) is 35.7 Å². The van der Waals surface area contributed by atoms with Crippen molar-refractivity contribution >= 4 is 35.6 Å². The molecule has 3 amide bonds. The van der Waals surface area contributed by atoms with E-state index in [1.165, 1.54) is 11.1 Å². The summed E-state index contributed by atoms with van der Waals surface area (Å²) in [6.45, 7) is 2.63. The highest BCUT2D eigenvalue weighted by atomic mass is 16.2. The summed E-state index contributed by atoms with van der Waals surface area (Å²) in [5.74, 6) is 0.517. The van der Waals surface area contributed by atoms with E-state index in [-0.39, 0.29) is 5.70 Å². The lowest BCUT2D eigenvalue weighted by atomic mass is 9.96. The van der Waals surface area contributed by atoms with E-state index in [1.54, 1.807) is 16.8 Å². The normalized spacial score (nSPS) is 16.3. The van der Waals surface area contributed by atoms with Gasteiger partial charge in [-0.25, -0.2) is 4.79 Å². The molecule has 0 radical (unpaired) electrons. The van der Waals surface area contributed by atoms with Gasteiger partial charge >= 0.3 is 6.03 Å². The van der Waals surface area contributed by atoms with Crippen molar-refractivity contribution in [1.82, 2.24) is 30.2 Å². The van der Waals surface area contributed by atoms with Gasteiger partial charge in [-0.2, -0.15) is 19.6 Å². The summed E-state index contributed by atoms with van der Waals surface area (Å²) in [6.07, 6.45) is 5.31. The van der Waals surface area contributed by atoms with Crippen LogP contribution in [0.2, 0.25) is 0 Å². The van der Waals surface area contributed by atoms with Gasteiger partial charge in [0.1, 0.15) is 5.70 Å². The molecule has 0 spiro atoms. The molecule has 4 aromatic rings. The van der Waals surface area contributed by atoms with E-state index in [2.05, 4.69) is 62.5 Å². The lowest BCUT2D eigenvalue weighted by Crippen LogP contribution is -2.22. The van der Waals surface area contributed by atoms with Crippen LogP contribution in [0.5, 0.6) is 0 Å². The number of imide groups is 1. The van der Waals surface area contributed by atoms with E-state index in [0.717, 1.165) is 24.0 Å². The van der Waals surface area contributed by atoms with Crippen molar-refractivity contribution in [2.24, 2.45) is 0 Å². The average molecular weight is 481 g/mol. The van der Waals surface area contributed by atoms with E-state index in [4.69, 9.17) is 4.98 Å². The van der Waals surface area contributed by atoms with Crippen molar-refractivity contribution in [3.63, 3.8) is 0 Å². The number of carbonyl (C=O) groups excluding carboxylic acids is 2. The molecule has 1 saturated carbocycles. The molecule has 4 N–H and O–H groups in total. The first-order valence-corrected chi connectivity index (χ1v) is 11.8. The number of hydrogen-bond acceptors (Lipinski definition) is 7. The zero-order valence-electron chi connectivity index (χ0n) is 19.6. The number of anilines is 2. The molecule has 3 heterocycles. The molecule has 6 rings (SSSR count). The topological polar surface area (TPSA) is 125 Å². The third kappa shape index (κ3) is 4.24. The number of aromatic nitrogens is 4. The number of nitrogens with zero attached hydrogens (tertiary/aromatic N) is 4. The predicted molar refractivity (Wildman–Crippen MR) is 136 cm³/mol. The molecule has 0 atom stereocenters. The van der Waals surface area contributed by atoms with Crippen molar-refractivity contribution in [3.05, 3.63) is 77.1 Å². The van der Waals surface area contributed by atoms with Crippen molar-refractivity contribution in [2.45, 2.75) is 32.4 Å². The summed E-state index contributed by atoms with van der Waals surface area (Å²) in [5.41, 5.74) is 5.91. The highest BCUT2D eigenvalue weighted by Gasteiger charge is 2.26. The van der Waals surface area contributed by atoms with Gasteiger partial charge in [-0.05, 0) is 48.1 Å². The van der Waals surface area contributed by atoms with Gasteiger partial charge in [0.05, 0.1) is 6.20 Å². The van der Waals surface area contributed by atoms with Crippen molar-refractivity contribution < 1.29 is 9.59 Å². The number of hydrogen-bond donors (Lipinski definition) is 4. The summed E-state index contributed by atoms with van der Waals surface area (Å²) in [7, 11) is 0. The zero-order valence-corrected chi connectivity index (χ0v) is 19.6. The Morgan fingerprint density at radius 1 is 1.03 bits per heavy atom. The van der Waals surface area contributed by atoms with Gasteiger partial charge in [-0.15, -0.1) is 0 Å². The van der Waals surface area contributed by atoms with Crippen LogP contribution in [0.4, 0.5) is 16.7 Å². The Morgan fingerprint density at radius 2 is 1.81 bits per heavy atom. The molecule has 2 aromatic heterocycles. The summed E-state index contributed by atoms with van der Waals surface area (Å²) in [5, 5.41) is 15.9. The number of nitrogens with one attached hydrogen (secondary N) is 4. The van der Waals surface area contributed by atoms with Gasteiger partial charge in [-0.3, -0.25) is 10.1 Å². The van der Waals surface area contributed by atoms with Crippen LogP contribution in [0.15, 0.2) is 60.4 Å². The minimum atomic E-state index is -0.553. The molecular formula is C26H24N8O2. The zero-order chi connectivity index (χ0) is 24.6. The second-order valence-electron chi connectivity index (χ2n) is 8.92. The highest BCUT2D eigenvalue weighted by Crippen LogP contribution is 2.28. The standard InChI is InChI=1S/C26H24N8O2/c1-15-6-2-4-8-19(15)20-9-5-3-7-16(20)13-27-24-31-22-17(12-21-23(35)32-26(36)30-21)14-28-34(22)25(33-24)29-18-10-11-18/h2-9,12,14,18H,10-11,13H2,1H3,(H2,27,29,31,33)(H2,30,32,35,36)/b21-12-. The number of aryl methyl sites for hydroxylation is 1. The number of urea groups is 1. The van der Waals surface area contributed by atoms with Gasteiger partial charge in [0.15, 0.2) is 5.65 Å². The predicted octanol–water partition coefficient (Wildman–Crippen LogP) is 3.47. The Morgan fingerprint density at radius 3 is 2.56 bits per heavy atom. The maximum Gasteiger partial charge on any atom is 0.326 e.